The Labute approximate surface area is 63.3 Å². The molecule has 5 nitrogen and oxygen atoms in total. The third-order valence-electron chi connectivity index (χ3n) is 0.740. The molecule has 0 fully saturated rings. The molecule has 0 aliphatic rings. The molecule has 5 heteroatoms. The van der Waals surface area contributed by atoms with Gasteiger partial charge in [-0.15, -0.1) is 0 Å². The summed E-state index contributed by atoms with van der Waals surface area (Å²) in [7, 11) is 1.26. The fourth-order valence-corrected chi connectivity index (χ4v) is 0.377. The molecule has 0 spiro atoms. The van der Waals surface area contributed by atoms with Crippen molar-refractivity contribution in [3.8, 4) is 0 Å². The number of esters is 2. The lowest BCUT2D eigenvalue weighted by Gasteiger charge is -1.96. The SMILES string of the molecule is COCC(=O)C(=O)OC(C)=O. The van der Waals surface area contributed by atoms with Crippen molar-refractivity contribution in [2.45, 2.75) is 6.92 Å². The van der Waals surface area contributed by atoms with Crippen molar-refractivity contribution in [2.75, 3.05) is 13.7 Å². The number of carbonyl (C=O) groups is 3. The van der Waals surface area contributed by atoms with Crippen LogP contribution in [0.3, 0.4) is 0 Å². The summed E-state index contributed by atoms with van der Waals surface area (Å²) in [5, 5.41) is 0. The molecule has 0 aromatic carbocycles. The van der Waals surface area contributed by atoms with Crippen LogP contribution in [0.25, 0.3) is 0 Å². The smallest absolute Gasteiger partial charge is 0.384 e. The summed E-state index contributed by atoms with van der Waals surface area (Å²) in [6, 6.07) is 0. The molecule has 0 unspecified atom stereocenters. The highest BCUT2D eigenvalue weighted by Crippen LogP contribution is 1.83. The summed E-state index contributed by atoms with van der Waals surface area (Å²) in [6.45, 7) is 0.671. The quantitative estimate of drug-likeness (QED) is 0.310. The first-order valence-electron chi connectivity index (χ1n) is 2.82. The first kappa shape index (κ1) is 9.77. The zero-order chi connectivity index (χ0) is 8.85. The number of carbonyl (C=O) groups excluding carboxylic acids is 3. The van der Waals surface area contributed by atoms with Crippen LogP contribution in [-0.2, 0) is 23.9 Å². The zero-order valence-corrected chi connectivity index (χ0v) is 6.25. The topological polar surface area (TPSA) is 69.7 Å². The molecule has 62 valence electrons. The van der Waals surface area contributed by atoms with E-state index < -0.39 is 17.7 Å². The summed E-state index contributed by atoms with van der Waals surface area (Å²) in [5.41, 5.74) is 0. The van der Waals surface area contributed by atoms with Gasteiger partial charge in [-0.2, -0.15) is 0 Å². The fraction of sp³-hybridized carbons (Fsp3) is 0.500. The lowest BCUT2D eigenvalue weighted by molar-refractivity contribution is -0.164. The number of methoxy groups -OCH3 is 1. The van der Waals surface area contributed by atoms with Crippen molar-refractivity contribution in [1.29, 1.82) is 0 Å². The van der Waals surface area contributed by atoms with Crippen molar-refractivity contribution >= 4 is 17.7 Å². The van der Waals surface area contributed by atoms with Crippen LogP contribution in [0.1, 0.15) is 6.92 Å². The van der Waals surface area contributed by atoms with Crippen molar-refractivity contribution < 1.29 is 23.9 Å². The molecule has 0 heterocycles. The maximum Gasteiger partial charge on any atom is 0.384 e. The Kier molecular flexibility index (Phi) is 4.05. The van der Waals surface area contributed by atoms with Crippen LogP contribution >= 0.6 is 0 Å². The van der Waals surface area contributed by atoms with E-state index in [0.29, 0.717) is 0 Å². The molecule has 0 radical (unpaired) electrons. The van der Waals surface area contributed by atoms with Crippen molar-refractivity contribution in [2.24, 2.45) is 0 Å². The van der Waals surface area contributed by atoms with Gasteiger partial charge in [-0.1, -0.05) is 0 Å². The third kappa shape index (κ3) is 4.21. The minimum absolute atomic E-state index is 0.369. The molecule has 0 rings (SSSR count). The Balaban J connectivity index is 3.83. The first-order chi connectivity index (χ1) is 5.07. The van der Waals surface area contributed by atoms with Crippen LogP contribution in [0.15, 0.2) is 0 Å². The standard InChI is InChI=1S/C6H8O5/c1-4(7)11-6(9)5(8)3-10-2/h3H2,1-2H3. The Morgan fingerprint density at radius 1 is 1.27 bits per heavy atom. The number of hydrogen-bond acceptors (Lipinski definition) is 5. The minimum atomic E-state index is -1.18. The third-order valence-corrected chi connectivity index (χ3v) is 0.740. The normalized spacial score (nSPS) is 8.91. The maximum atomic E-state index is 10.5. The highest BCUT2D eigenvalue weighted by Gasteiger charge is 2.16. The zero-order valence-electron chi connectivity index (χ0n) is 6.25. The average molecular weight is 160 g/mol. The van der Waals surface area contributed by atoms with Gasteiger partial charge in [0.05, 0.1) is 0 Å². The number of Topliss-reactive ketones (excluding diaryl/α,β-unsaturated/α-hetero) is 1. The molecular weight excluding hydrogens is 152 g/mol. The summed E-state index contributed by atoms with van der Waals surface area (Å²) in [5.74, 6) is -2.86. The molecular formula is C6H8O5. The molecule has 0 bridgehead atoms. The van der Waals surface area contributed by atoms with Crippen molar-refractivity contribution in [1.82, 2.24) is 0 Å². The summed E-state index contributed by atoms with van der Waals surface area (Å²) < 4.78 is 8.30. The van der Waals surface area contributed by atoms with E-state index in [9.17, 15) is 14.4 Å². The molecule has 0 aromatic heterocycles. The number of ketones is 1. The van der Waals surface area contributed by atoms with E-state index in [4.69, 9.17) is 0 Å². The van der Waals surface area contributed by atoms with E-state index in [1.54, 1.807) is 0 Å². The first-order valence-corrected chi connectivity index (χ1v) is 2.82. The van der Waals surface area contributed by atoms with E-state index in [0.717, 1.165) is 6.92 Å². The summed E-state index contributed by atoms with van der Waals surface area (Å²) >= 11 is 0. The van der Waals surface area contributed by atoms with Gasteiger partial charge in [0.25, 0.3) is 5.78 Å². The van der Waals surface area contributed by atoms with E-state index in [1.165, 1.54) is 7.11 Å². The lowest BCUT2D eigenvalue weighted by Crippen LogP contribution is -2.23. The molecule has 0 saturated carbocycles. The van der Waals surface area contributed by atoms with Crippen LogP contribution < -0.4 is 0 Å². The van der Waals surface area contributed by atoms with Gasteiger partial charge in [0.1, 0.15) is 6.61 Å². The van der Waals surface area contributed by atoms with Crippen LogP contribution in [0, 0.1) is 0 Å². The average Bonchev–Trinajstić information content (AvgIpc) is 1.86. The molecule has 0 amide bonds. The lowest BCUT2D eigenvalue weighted by atomic mass is 10.4. The van der Waals surface area contributed by atoms with E-state index in [1.807, 2.05) is 0 Å². The maximum absolute atomic E-state index is 10.5. The minimum Gasteiger partial charge on any atom is -0.387 e. The highest BCUT2D eigenvalue weighted by atomic mass is 16.6. The molecule has 0 atom stereocenters. The monoisotopic (exact) mass is 160 g/mol. The molecule has 0 aromatic rings. The molecule has 0 aliphatic carbocycles. The number of ether oxygens (including phenoxy) is 2. The molecule has 11 heavy (non-hydrogen) atoms. The van der Waals surface area contributed by atoms with Gasteiger partial charge < -0.3 is 9.47 Å². The van der Waals surface area contributed by atoms with Gasteiger partial charge in [-0.05, 0) is 0 Å². The van der Waals surface area contributed by atoms with Crippen LogP contribution in [0.2, 0.25) is 0 Å². The van der Waals surface area contributed by atoms with Crippen LogP contribution in [0.5, 0.6) is 0 Å². The van der Waals surface area contributed by atoms with Crippen LogP contribution in [-0.4, -0.2) is 31.4 Å². The Bertz CT molecular complexity index is 183. The number of rotatable bonds is 3. The second kappa shape index (κ2) is 4.56. The second-order valence-corrected chi connectivity index (χ2v) is 1.74. The van der Waals surface area contributed by atoms with Gasteiger partial charge in [0.15, 0.2) is 0 Å². The van der Waals surface area contributed by atoms with E-state index in [-0.39, 0.29) is 6.61 Å². The van der Waals surface area contributed by atoms with Crippen molar-refractivity contribution in [3.63, 3.8) is 0 Å². The van der Waals surface area contributed by atoms with E-state index in [2.05, 4.69) is 9.47 Å². The van der Waals surface area contributed by atoms with Gasteiger partial charge in [-0.25, -0.2) is 4.79 Å². The number of hydrogen-bond donors (Lipinski definition) is 0. The van der Waals surface area contributed by atoms with Gasteiger partial charge in [-0.3, -0.25) is 9.59 Å². The Morgan fingerprint density at radius 3 is 2.18 bits per heavy atom. The van der Waals surface area contributed by atoms with Gasteiger partial charge in [0, 0.05) is 14.0 Å². The molecule has 0 N–H and O–H groups in total. The largest absolute Gasteiger partial charge is 0.387 e. The molecule has 0 aliphatic heterocycles. The Morgan fingerprint density at radius 2 is 1.82 bits per heavy atom. The predicted octanol–water partition coefficient (Wildman–Crippen LogP) is -0.708. The molecule has 0 saturated heterocycles. The van der Waals surface area contributed by atoms with Crippen LogP contribution in [0.4, 0.5) is 0 Å². The van der Waals surface area contributed by atoms with Gasteiger partial charge in [0.2, 0.25) is 0 Å². The van der Waals surface area contributed by atoms with Crippen molar-refractivity contribution in [3.05, 3.63) is 0 Å². The van der Waals surface area contributed by atoms with Gasteiger partial charge >= 0.3 is 11.9 Å². The Hall–Kier alpha value is -1.23. The second-order valence-electron chi connectivity index (χ2n) is 1.74. The van der Waals surface area contributed by atoms with E-state index >= 15 is 0 Å². The predicted molar refractivity (Wildman–Crippen MR) is 33.7 cm³/mol. The summed E-state index contributed by atoms with van der Waals surface area (Å²) in [4.78, 5) is 31.1. The summed E-state index contributed by atoms with van der Waals surface area (Å²) in [6.07, 6.45) is 0. The highest BCUT2D eigenvalue weighted by molar-refractivity contribution is 6.35. The fourth-order valence-electron chi connectivity index (χ4n) is 0.377.